The quantitative estimate of drug-likeness (QED) is 0.833. The summed E-state index contributed by atoms with van der Waals surface area (Å²) in [5.74, 6) is -0.0428. The molecule has 86 valence electrons. The molecule has 2 heterocycles. The van der Waals surface area contributed by atoms with Crippen LogP contribution in [0, 0.1) is 0 Å². The molecule has 1 saturated carbocycles. The molecular weight excluding hydrogens is 216 g/mol. The van der Waals surface area contributed by atoms with Crippen molar-refractivity contribution in [2.75, 3.05) is 0 Å². The van der Waals surface area contributed by atoms with Crippen LogP contribution in [0.25, 0.3) is 11.3 Å². The standard InChI is InChI=1S/C12H12N4O/c17-12(16-10-2-3-10)8-1-4-11(13-5-8)9-6-14-15-7-9/h1,4-7,10H,2-3H2,(H,14,15)(H,16,17). The Morgan fingerprint density at radius 1 is 1.35 bits per heavy atom. The number of rotatable bonds is 3. The molecule has 0 saturated heterocycles. The average Bonchev–Trinajstić information content (AvgIpc) is 3.00. The van der Waals surface area contributed by atoms with E-state index in [2.05, 4.69) is 20.5 Å². The van der Waals surface area contributed by atoms with Gasteiger partial charge in [-0.1, -0.05) is 0 Å². The molecule has 5 nitrogen and oxygen atoms in total. The van der Waals surface area contributed by atoms with Crippen LogP contribution >= 0.6 is 0 Å². The molecule has 0 bridgehead atoms. The van der Waals surface area contributed by atoms with Gasteiger partial charge in [0, 0.05) is 24.0 Å². The molecule has 1 fully saturated rings. The van der Waals surface area contributed by atoms with Crippen molar-refractivity contribution >= 4 is 5.91 Å². The van der Waals surface area contributed by atoms with Crippen molar-refractivity contribution in [1.82, 2.24) is 20.5 Å². The molecule has 2 aromatic rings. The number of nitrogens with zero attached hydrogens (tertiary/aromatic N) is 2. The highest BCUT2D eigenvalue weighted by Crippen LogP contribution is 2.20. The Hall–Kier alpha value is -2.17. The van der Waals surface area contributed by atoms with Crippen LogP contribution in [0.2, 0.25) is 0 Å². The van der Waals surface area contributed by atoms with Crippen LogP contribution in [0.5, 0.6) is 0 Å². The summed E-state index contributed by atoms with van der Waals surface area (Å²) in [5.41, 5.74) is 2.32. The highest BCUT2D eigenvalue weighted by molar-refractivity contribution is 5.94. The zero-order valence-corrected chi connectivity index (χ0v) is 9.18. The maximum atomic E-state index is 11.7. The molecule has 0 radical (unpaired) electrons. The first-order chi connectivity index (χ1) is 8.33. The fourth-order valence-corrected chi connectivity index (χ4v) is 1.59. The third kappa shape index (κ3) is 2.18. The van der Waals surface area contributed by atoms with Gasteiger partial charge in [0.2, 0.25) is 0 Å². The number of nitrogens with one attached hydrogen (secondary N) is 2. The Labute approximate surface area is 98.3 Å². The monoisotopic (exact) mass is 228 g/mol. The molecule has 1 aliphatic rings. The van der Waals surface area contributed by atoms with E-state index in [9.17, 15) is 4.79 Å². The molecule has 1 aliphatic carbocycles. The van der Waals surface area contributed by atoms with Gasteiger partial charge in [0.05, 0.1) is 17.5 Å². The van der Waals surface area contributed by atoms with Crippen LogP contribution in [-0.4, -0.2) is 27.1 Å². The number of carbonyl (C=O) groups is 1. The SMILES string of the molecule is O=C(NC1CC1)c1ccc(-c2cn[nH]c2)nc1. The van der Waals surface area contributed by atoms with Gasteiger partial charge in [0.15, 0.2) is 0 Å². The number of aromatic nitrogens is 3. The molecule has 0 unspecified atom stereocenters. The lowest BCUT2D eigenvalue weighted by atomic mass is 10.2. The van der Waals surface area contributed by atoms with E-state index in [0.717, 1.165) is 24.1 Å². The topological polar surface area (TPSA) is 70.7 Å². The van der Waals surface area contributed by atoms with E-state index in [-0.39, 0.29) is 5.91 Å². The number of aromatic amines is 1. The Kier molecular flexibility index (Phi) is 2.36. The molecule has 2 N–H and O–H groups in total. The van der Waals surface area contributed by atoms with Crippen molar-refractivity contribution in [3.8, 4) is 11.3 Å². The first-order valence-electron chi connectivity index (χ1n) is 5.59. The van der Waals surface area contributed by atoms with Gasteiger partial charge in [0.25, 0.3) is 5.91 Å². The summed E-state index contributed by atoms with van der Waals surface area (Å²) in [4.78, 5) is 16.0. The van der Waals surface area contributed by atoms with Crippen molar-refractivity contribution in [3.05, 3.63) is 36.3 Å². The van der Waals surface area contributed by atoms with Crippen LogP contribution in [0.3, 0.4) is 0 Å². The second-order valence-corrected chi connectivity index (χ2v) is 4.17. The molecule has 3 rings (SSSR count). The van der Waals surface area contributed by atoms with Crippen molar-refractivity contribution in [1.29, 1.82) is 0 Å². The summed E-state index contributed by atoms with van der Waals surface area (Å²) in [6.07, 6.45) is 7.25. The van der Waals surface area contributed by atoms with Crippen molar-refractivity contribution in [2.45, 2.75) is 18.9 Å². The lowest BCUT2D eigenvalue weighted by Crippen LogP contribution is -2.25. The normalized spacial score (nSPS) is 14.6. The maximum absolute atomic E-state index is 11.7. The number of hydrogen-bond acceptors (Lipinski definition) is 3. The summed E-state index contributed by atoms with van der Waals surface area (Å²) < 4.78 is 0. The van der Waals surface area contributed by atoms with E-state index in [0.29, 0.717) is 11.6 Å². The van der Waals surface area contributed by atoms with Crippen LogP contribution < -0.4 is 5.32 Å². The van der Waals surface area contributed by atoms with Crippen LogP contribution in [-0.2, 0) is 0 Å². The van der Waals surface area contributed by atoms with Gasteiger partial charge in [0.1, 0.15) is 0 Å². The Balaban J connectivity index is 1.77. The van der Waals surface area contributed by atoms with Gasteiger partial charge < -0.3 is 5.32 Å². The minimum Gasteiger partial charge on any atom is -0.349 e. The number of carbonyl (C=O) groups excluding carboxylic acids is 1. The van der Waals surface area contributed by atoms with E-state index in [1.807, 2.05) is 6.07 Å². The smallest absolute Gasteiger partial charge is 0.253 e. The van der Waals surface area contributed by atoms with Crippen molar-refractivity contribution in [2.24, 2.45) is 0 Å². The van der Waals surface area contributed by atoms with Gasteiger partial charge in [-0.3, -0.25) is 14.9 Å². The van der Waals surface area contributed by atoms with Crippen molar-refractivity contribution in [3.63, 3.8) is 0 Å². The summed E-state index contributed by atoms with van der Waals surface area (Å²) in [6.45, 7) is 0. The van der Waals surface area contributed by atoms with Gasteiger partial charge in [-0.25, -0.2) is 0 Å². The maximum Gasteiger partial charge on any atom is 0.253 e. The number of pyridine rings is 1. The minimum absolute atomic E-state index is 0.0428. The fourth-order valence-electron chi connectivity index (χ4n) is 1.59. The zero-order chi connectivity index (χ0) is 11.7. The molecule has 0 aromatic carbocycles. The van der Waals surface area contributed by atoms with Gasteiger partial charge in [-0.2, -0.15) is 5.10 Å². The Bertz CT molecular complexity index is 514. The predicted octanol–water partition coefficient (Wildman–Crippen LogP) is 1.36. The average molecular weight is 228 g/mol. The van der Waals surface area contributed by atoms with E-state index in [1.165, 1.54) is 0 Å². The molecule has 5 heteroatoms. The van der Waals surface area contributed by atoms with Crippen LogP contribution in [0.1, 0.15) is 23.2 Å². The predicted molar refractivity (Wildman–Crippen MR) is 62.3 cm³/mol. The highest BCUT2D eigenvalue weighted by Gasteiger charge is 2.23. The first kappa shape index (κ1) is 10.0. The van der Waals surface area contributed by atoms with E-state index < -0.39 is 0 Å². The molecule has 1 amide bonds. The van der Waals surface area contributed by atoms with Gasteiger partial charge >= 0.3 is 0 Å². The summed E-state index contributed by atoms with van der Waals surface area (Å²) in [6, 6.07) is 3.98. The number of H-pyrrole nitrogens is 1. The Morgan fingerprint density at radius 3 is 2.82 bits per heavy atom. The number of hydrogen-bond donors (Lipinski definition) is 2. The fraction of sp³-hybridized carbons (Fsp3) is 0.250. The highest BCUT2D eigenvalue weighted by atomic mass is 16.1. The molecule has 0 aliphatic heterocycles. The van der Waals surface area contributed by atoms with E-state index >= 15 is 0 Å². The molecule has 0 atom stereocenters. The van der Waals surface area contributed by atoms with E-state index in [4.69, 9.17) is 0 Å². The largest absolute Gasteiger partial charge is 0.349 e. The van der Waals surface area contributed by atoms with E-state index in [1.54, 1.807) is 24.7 Å². The lowest BCUT2D eigenvalue weighted by molar-refractivity contribution is 0.0951. The molecule has 2 aromatic heterocycles. The number of amides is 1. The van der Waals surface area contributed by atoms with Crippen molar-refractivity contribution < 1.29 is 4.79 Å². The first-order valence-corrected chi connectivity index (χ1v) is 5.59. The third-order valence-electron chi connectivity index (χ3n) is 2.73. The minimum atomic E-state index is -0.0428. The summed E-state index contributed by atoms with van der Waals surface area (Å²) in [7, 11) is 0. The molecular formula is C12H12N4O. The summed E-state index contributed by atoms with van der Waals surface area (Å²) in [5, 5.41) is 9.52. The molecule has 0 spiro atoms. The van der Waals surface area contributed by atoms with Gasteiger partial charge in [-0.05, 0) is 25.0 Å². The van der Waals surface area contributed by atoms with Crippen LogP contribution in [0.4, 0.5) is 0 Å². The molecule has 17 heavy (non-hydrogen) atoms. The second kappa shape index (κ2) is 4.01. The lowest BCUT2D eigenvalue weighted by Gasteiger charge is -2.03. The summed E-state index contributed by atoms with van der Waals surface area (Å²) >= 11 is 0. The Morgan fingerprint density at radius 2 is 2.24 bits per heavy atom. The third-order valence-corrected chi connectivity index (χ3v) is 2.73. The zero-order valence-electron chi connectivity index (χ0n) is 9.18. The van der Waals surface area contributed by atoms with Gasteiger partial charge in [-0.15, -0.1) is 0 Å². The van der Waals surface area contributed by atoms with Crippen LogP contribution in [0.15, 0.2) is 30.7 Å². The second-order valence-electron chi connectivity index (χ2n) is 4.17.